The van der Waals surface area contributed by atoms with Gasteiger partial charge in [0.1, 0.15) is 5.60 Å². The van der Waals surface area contributed by atoms with E-state index in [2.05, 4.69) is 0 Å². The third-order valence-electron chi connectivity index (χ3n) is 3.00. The van der Waals surface area contributed by atoms with Crippen molar-refractivity contribution < 1.29 is 19.4 Å². The first-order valence-electron chi connectivity index (χ1n) is 4.48. The van der Waals surface area contributed by atoms with E-state index in [1.54, 1.807) is 13.8 Å². The van der Waals surface area contributed by atoms with Crippen molar-refractivity contribution in [2.75, 3.05) is 11.5 Å². The molecule has 5 heteroatoms. The highest BCUT2D eigenvalue weighted by Crippen LogP contribution is 2.45. The molecule has 82 valence electrons. The fourth-order valence-electron chi connectivity index (χ4n) is 1.59. The van der Waals surface area contributed by atoms with Gasteiger partial charge >= 0.3 is 5.97 Å². The fourth-order valence-corrected chi connectivity index (χ4v) is 3.23. The van der Waals surface area contributed by atoms with Crippen LogP contribution in [0.5, 0.6) is 0 Å². The number of carbonyl (C=O) groups is 1. The van der Waals surface area contributed by atoms with E-state index in [1.807, 2.05) is 0 Å². The molecule has 14 heavy (non-hydrogen) atoms. The Bertz CT molecular complexity index is 244. The Hall–Kier alpha value is -0.290. The van der Waals surface area contributed by atoms with Crippen LogP contribution < -0.4 is 0 Å². The van der Waals surface area contributed by atoms with Gasteiger partial charge in [-0.3, -0.25) is 0 Å². The molecule has 1 heterocycles. The second-order valence-electron chi connectivity index (χ2n) is 4.31. The van der Waals surface area contributed by atoms with E-state index in [-0.39, 0.29) is 5.75 Å². The molecule has 0 radical (unpaired) electrons. The molecule has 0 amide bonds. The van der Waals surface area contributed by atoms with Crippen LogP contribution in [0.25, 0.3) is 0 Å². The summed E-state index contributed by atoms with van der Waals surface area (Å²) in [6, 6.07) is 0. The number of hydrogen-bond donors (Lipinski definition) is 2. The summed E-state index contributed by atoms with van der Waals surface area (Å²) in [4.78, 5) is 10.5. The monoisotopic (exact) mass is 222 g/mol. The first-order valence-corrected chi connectivity index (χ1v) is 5.64. The maximum absolute atomic E-state index is 13.4. The Labute approximate surface area is 86.7 Å². The van der Waals surface area contributed by atoms with Gasteiger partial charge in [0.25, 0.3) is 0 Å². The Morgan fingerprint density at radius 2 is 2.14 bits per heavy atom. The van der Waals surface area contributed by atoms with Crippen molar-refractivity contribution >= 4 is 17.7 Å². The van der Waals surface area contributed by atoms with Crippen LogP contribution in [-0.4, -0.2) is 39.5 Å². The van der Waals surface area contributed by atoms with Gasteiger partial charge in [-0.05, 0) is 17.6 Å². The van der Waals surface area contributed by atoms with Gasteiger partial charge < -0.3 is 10.2 Å². The predicted molar refractivity (Wildman–Crippen MR) is 53.2 cm³/mol. The number of thioether (sulfide) groups is 1. The standard InChI is InChI=1S/C9H15FO3S/c1-8(2)3-4-14-5-9(8,13)6(10)7(11)12/h6,13H,3-5H2,1-2H3,(H,11,12). The van der Waals surface area contributed by atoms with E-state index < -0.39 is 23.2 Å². The second-order valence-corrected chi connectivity index (χ2v) is 5.42. The van der Waals surface area contributed by atoms with Crippen molar-refractivity contribution in [3.05, 3.63) is 0 Å². The summed E-state index contributed by atoms with van der Waals surface area (Å²) in [7, 11) is 0. The van der Waals surface area contributed by atoms with Crippen molar-refractivity contribution in [1.29, 1.82) is 0 Å². The summed E-state index contributed by atoms with van der Waals surface area (Å²) in [6.07, 6.45) is -1.58. The van der Waals surface area contributed by atoms with Crippen LogP contribution in [0.2, 0.25) is 0 Å². The van der Waals surface area contributed by atoms with Gasteiger partial charge in [0.15, 0.2) is 0 Å². The maximum Gasteiger partial charge on any atom is 0.341 e. The summed E-state index contributed by atoms with van der Waals surface area (Å²) < 4.78 is 13.4. The predicted octanol–water partition coefficient (Wildman–Crippen LogP) is 1.30. The highest BCUT2D eigenvalue weighted by molar-refractivity contribution is 7.99. The lowest BCUT2D eigenvalue weighted by molar-refractivity contribution is -0.165. The molecular weight excluding hydrogens is 207 g/mol. The molecule has 1 rings (SSSR count). The van der Waals surface area contributed by atoms with Crippen LogP contribution in [0, 0.1) is 5.41 Å². The summed E-state index contributed by atoms with van der Waals surface area (Å²) in [5, 5.41) is 18.6. The average molecular weight is 222 g/mol. The lowest BCUT2D eigenvalue weighted by atomic mass is 9.71. The molecule has 0 aromatic heterocycles. The highest BCUT2D eigenvalue weighted by atomic mass is 32.2. The SMILES string of the molecule is CC1(C)CCSCC1(O)C(F)C(=O)O. The minimum absolute atomic E-state index is 0.146. The van der Waals surface area contributed by atoms with Crippen LogP contribution in [-0.2, 0) is 4.79 Å². The van der Waals surface area contributed by atoms with Crippen LogP contribution in [0.1, 0.15) is 20.3 Å². The smallest absolute Gasteiger partial charge is 0.341 e. The molecule has 0 aromatic rings. The zero-order valence-electron chi connectivity index (χ0n) is 8.29. The molecule has 0 saturated carbocycles. The first kappa shape index (κ1) is 11.8. The Kier molecular flexibility index (Phi) is 3.11. The zero-order valence-corrected chi connectivity index (χ0v) is 9.10. The number of carboxylic acids is 1. The van der Waals surface area contributed by atoms with E-state index >= 15 is 0 Å². The molecule has 2 unspecified atom stereocenters. The van der Waals surface area contributed by atoms with Gasteiger partial charge in [-0.1, -0.05) is 13.8 Å². The topological polar surface area (TPSA) is 57.5 Å². The quantitative estimate of drug-likeness (QED) is 0.739. The minimum Gasteiger partial charge on any atom is -0.479 e. The molecule has 0 bridgehead atoms. The van der Waals surface area contributed by atoms with Crippen molar-refractivity contribution in [3.8, 4) is 0 Å². The number of carboxylic acid groups (broad SMARTS) is 1. The van der Waals surface area contributed by atoms with Gasteiger partial charge in [0.05, 0.1) is 0 Å². The lowest BCUT2D eigenvalue weighted by Gasteiger charge is -2.46. The van der Waals surface area contributed by atoms with Crippen molar-refractivity contribution in [3.63, 3.8) is 0 Å². The maximum atomic E-state index is 13.4. The van der Waals surface area contributed by atoms with E-state index in [9.17, 15) is 14.3 Å². The van der Waals surface area contributed by atoms with E-state index in [0.29, 0.717) is 6.42 Å². The van der Waals surface area contributed by atoms with E-state index in [1.165, 1.54) is 11.8 Å². The summed E-state index contributed by atoms with van der Waals surface area (Å²) in [5.74, 6) is -0.599. The van der Waals surface area contributed by atoms with E-state index in [4.69, 9.17) is 5.11 Å². The molecule has 1 aliphatic heterocycles. The third kappa shape index (κ3) is 1.75. The Morgan fingerprint density at radius 3 is 2.57 bits per heavy atom. The molecular formula is C9H15FO3S. The number of rotatable bonds is 2. The Morgan fingerprint density at radius 1 is 1.57 bits per heavy atom. The number of alkyl halides is 1. The normalized spacial score (nSPS) is 33.7. The molecule has 0 aromatic carbocycles. The minimum atomic E-state index is -2.20. The largest absolute Gasteiger partial charge is 0.479 e. The highest BCUT2D eigenvalue weighted by Gasteiger charge is 2.54. The van der Waals surface area contributed by atoms with Gasteiger partial charge in [-0.15, -0.1) is 0 Å². The Balaban J connectivity index is 2.94. The van der Waals surface area contributed by atoms with Gasteiger partial charge in [-0.2, -0.15) is 11.8 Å². The molecule has 3 nitrogen and oxygen atoms in total. The molecule has 1 aliphatic rings. The first-order chi connectivity index (χ1) is 6.31. The van der Waals surface area contributed by atoms with Gasteiger partial charge in [0.2, 0.25) is 6.17 Å². The second kappa shape index (κ2) is 3.70. The average Bonchev–Trinajstić information content (AvgIpc) is 2.08. The van der Waals surface area contributed by atoms with Gasteiger partial charge in [0, 0.05) is 5.75 Å². The molecule has 0 spiro atoms. The van der Waals surface area contributed by atoms with Crippen molar-refractivity contribution in [2.45, 2.75) is 32.0 Å². The number of aliphatic carboxylic acids is 1. The number of aliphatic hydroxyl groups is 1. The molecule has 2 atom stereocenters. The van der Waals surface area contributed by atoms with Gasteiger partial charge in [-0.25, -0.2) is 9.18 Å². The number of halogens is 1. The van der Waals surface area contributed by atoms with E-state index in [0.717, 1.165) is 5.75 Å². The molecule has 1 saturated heterocycles. The number of hydrogen-bond acceptors (Lipinski definition) is 3. The summed E-state index contributed by atoms with van der Waals surface area (Å²) in [6.45, 7) is 3.42. The van der Waals surface area contributed by atoms with Crippen LogP contribution in [0.4, 0.5) is 4.39 Å². The molecule has 0 aliphatic carbocycles. The lowest BCUT2D eigenvalue weighted by Crippen LogP contribution is -2.58. The molecule has 1 fully saturated rings. The summed E-state index contributed by atoms with van der Waals surface area (Å²) >= 11 is 1.40. The zero-order chi connectivity index (χ0) is 11.0. The van der Waals surface area contributed by atoms with Crippen LogP contribution >= 0.6 is 11.8 Å². The fraction of sp³-hybridized carbons (Fsp3) is 0.889. The summed E-state index contributed by atoms with van der Waals surface area (Å²) in [5.41, 5.74) is -2.43. The van der Waals surface area contributed by atoms with Crippen LogP contribution in [0.3, 0.4) is 0 Å². The third-order valence-corrected chi connectivity index (χ3v) is 4.14. The van der Waals surface area contributed by atoms with Crippen LogP contribution in [0.15, 0.2) is 0 Å². The van der Waals surface area contributed by atoms with Crippen molar-refractivity contribution in [1.82, 2.24) is 0 Å². The molecule has 2 N–H and O–H groups in total. The van der Waals surface area contributed by atoms with Crippen molar-refractivity contribution in [2.24, 2.45) is 5.41 Å².